The zero-order chi connectivity index (χ0) is 20.1. The minimum absolute atomic E-state index is 0.0506. The topological polar surface area (TPSA) is 92.6 Å². The monoisotopic (exact) mass is 417 g/mol. The lowest BCUT2D eigenvalue weighted by Gasteiger charge is -2.19. The summed E-state index contributed by atoms with van der Waals surface area (Å²) in [5.41, 5.74) is 1.34. The smallest absolute Gasteiger partial charge is 0.324 e. The van der Waals surface area contributed by atoms with Gasteiger partial charge in [-0.15, -0.1) is 11.8 Å². The van der Waals surface area contributed by atoms with Crippen LogP contribution in [0.2, 0.25) is 0 Å². The lowest BCUT2D eigenvalue weighted by Crippen LogP contribution is -2.39. The molecule has 7 nitrogen and oxygen atoms in total. The molecule has 1 aromatic heterocycles. The van der Waals surface area contributed by atoms with Gasteiger partial charge in [0.05, 0.1) is 16.5 Å². The molecule has 1 aliphatic rings. The lowest BCUT2D eigenvalue weighted by molar-refractivity contribution is -0.380. The van der Waals surface area contributed by atoms with Gasteiger partial charge in [-0.3, -0.25) is 19.7 Å². The Morgan fingerprint density at radius 3 is 2.71 bits per heavy atom. The number of rotatable bonds is 6. The number of nitrogens with zero attached hydrogens (tertiary/aromatic N) is 2. The first-order valence-electron chi connectivity index (χ1n) is 8.56. The molecule has 1 saturated heterocycles. The van der Waals surface area contributed by atoms with Crippen molar-refractivity contribution in [3.8, 4) is 0 Å². The molecule has 146 valence electrons. The quantitative estimate of drug-likeness (QED) is 0.442. The van der Waals surface area contributed by atoms with Crippen LogP contribution in [0, 0.1) is 10.1 Å². The lowest BCUT2D eigenvalue weighted by atomic mass is 9.94. The second-order valence-corrected chi connectivity index (χ2v) is 7.94. The number of nitro groups is 1. The normalized spacial score (nSPS) is 19.1. The Labute approximate surface area is 170 Å². The van der Waals surface area contributed by atoms with Crippen LogP contribution in [0.25, 0.3) is 0 Å². The minimum atomic E-state index is -0.501. The van der Waals surface area contributed by atoms with Gasteiger partial charge in [-0.2, -0.15) is 0 Å². The maximum Gasteiger partial charge on any atom is 0.324 e. The van der Waals surface area contributed by atoms with E-state index in [0.29, 0.717) is 18.7 Å². The number of thioether (sulfide) groups is 1. The van der Waals surface area contributed by atoms with Crippen LogP contribution in [0.4, 0.5) is 5.00 Å². The molecule has 0 unspecified atom stereocenters. The first kappa shape index (κ1) is 20.1. The third-order valence-corrected chi connectivity index (χ3v) is 5.82. The maximum absolute atomic E-state index is 12.8. The molecule has 2 heterocycles. The van der Waals surface area contributed by atoms with Gasteiger partial charge < -0.3 is 10.2 Å². The molecule has 2 amide bonds. The summed E-state index contributed by atoms with van der Waals surface area (Å²) < 4.78 is 0. The number of hydrogen-bond donors (Lipinski definition) is 1. The van der Waals surface area contributed by atoms with E-state index in [1.807, 2.05) is 36.6 Å². The second-order valence-electron chi connectivity index (χ2n) is 6.31. The molecule has 0 aliphatic carbocycles. The fourth-order valence-corrected chi connectivity index (χ4v) is 4.19. The fraction of sp³-hybridized carbons (Fsp3) is 0.263. The Bertz CT molecular complexity index is 898. The fourth-order valence-electron chi connectivity index (χ4n) is 3.23. The van der Waals surface area contributed by atoms with Crippen LogP contribution in [-0.4, -0.2) is 47.0 Å². The standard InChI is InChI=1S/C19H19N3O4S2/c1-27-8-7-17(23)20-16-11-21(10-15(16)13-5-3-2-4-6-13)19(24)14-9-18(22(25)26)28-12-14/h2-9,12,15-16H,10-11H2,1H3,(H,20,23)/b8-7+/t15-,16+/m0/s1. The molecule has 0 radical (unpaired) electrons. The van der Waals surface area contributed by atoms with Gasteiger partial charge in [0.25, 0.3) is 5.91 Å². The molecule has 0 saturated carbocycles. The van der Waals surface area contributed by atoms with Gasteiger partial charge in [0, 0.05) is 36.5 Å². The van der Waals surface area contributed by atoms with E-state index in [1.54, 1.807) is 10.3 Å². The van der Waals surface area contributed by atoms with Gasteiger partial charge >= 0.3 is 5.00 Å². The third-order valence-electron chi connectivity index (χ3n) is 4.53. The maximum atomic E-state index is 12.8. The Hall–Kier alpha value is -2.65. The number of benzene rings is 1. The van der Waals surface area contributed by atoms with Gasteiger partial charge in [0.15, 0.2) is 0 Å². The molecular formula is C19H19N3O4S2. The predicted molar refractivity (Wildman–Crippen MR) is 111 cm³/mol. The average Bonchev–Trinajstić information content (AvgIpc) is 3.34. The van der Waals surface area contributed by atoms with Gasteiger partial charge in [-0.1, -0.05) is 41.7 Å². The largest absolute Gasteiger partial charge is 0.347 e. The summed E-state index contributed by atoms with van der Waals surface area (Å²) >= 11 is 2.37. The second kappa shape index (κ2) is 9.03. The van der Waals surface area contributed by atoms with Crippen LogP contribution in [0.1, 0.15) is 21.8 Å². The van der Waals surface area contributed by atoms with Crippen LogP contribution in [-0.2, 0) is 4.79 Å². The van der Waals surface area contributed by atoms with Crippen molar-refractivity contribution < 1.29 is 14.5 Å². The van der Waals surface area contributed by atoms with Crippen LogP contribution < -0.4 is 5.32 Å². The van der Waals surface area contributed by atoms with Gasteiger partial charge in [-0.05, 0) is 17.2 Å². The van der Waals surface area contributed by atoms with E-state index in [0.717, 1.165) is 16.9 Å². The van der Waals surface area contributed by atoms with E-state index < -0.39 is 4.92 Å². The molecule has 1 aliphatic heterocycles. The highest BCUT2D eigenvalue weighted by molar-refractivity contribution is 8.01. The zero-order valence-corrected chi connectivity index (χ0v) is 16.7. The number of nitrogens with one attached hydrogen (secondary N) is 1. The summed E-state index contributed by atoms with van der Waals surface area (Å²) in [5.74, 6) is -0.521. The van der Waals surface area contributed by atoms with E-state index in [2.05, 4.69) is 5.32 Å². The van der Waals surface area contributed by atoms with Gasteiger partial charge in [0.2, 0.25) is 5.91 Å². The van der Waals surface area contributed by atoms with Gasteiger partial charge in [0.1, 0.15) is 0 Å². The number of amides is 2. The SMILES string of the molecule is CS/C=C/C(=O)N[C@@H]1CN(C(=O)c2csc([N+](=O)[O-])c2)C[C@H]1c1ccccc1. The number of carbonyl (C=O) groups is 2. The van der Waals surface area contributed by atoms with Crippen molar-refractivity contribution in [2.45, 2.75) is 12.0 Å². The van der Waals surface area contributed by atoms with Crippen LogP contribution in [0.3, 0.4) is 0 Å². The molecule has 2 aromatic rings. The molecule has 28 heavy (non-hydrogen) atoms. The van der Waals surface area contributed by atoms with Crippen molar-refractivity contribution >= 4 is 39.9 Å². The Morgan fingerprint density at radius 1 is 1.32 bits per heavy atom. The van der Waals surface area contributed by atoms with Crippen molar-refractivity contribution in [3.05, 3.63) is 74.5 Å². The molecule has 3 rings (SSSR count). The molecule has 0 bridgehead atoms. The van der Waals surface area contributed by atoms with E-state index in [9.17, 15) is 19.7 Å². The van der Waals surface area contributed by atoms with E-state index in [-0.39, 0.29) is 28.8 Å². The summed E-state index contributed by atoms with van der Waals surface area (Å²) in [4.78, 5) is 37.0. The van der Waals surface area contributed by atoms with Crippen LogP contribution in [0.5, 0.6) is 0 Å². The highest BCUT2D eigenvalue weighted by atomic mass is 32.2. The van der Waals surface area contributed by atoms with Crippen LogP contribution in [0.15, 0.2) is 53.3 Å². The Morgan fingerprint density at radius 2 is 2.07 bits per heavy atom. The number of hydrogen-bond acceptors (Lipinski definition) is 6. The van der Waals surface area contributed by atoms with Crippen molar-refractivity contribution in [1.29, 1.82) is 0 Å². The first-order valence-corrected chi connectivity index (χ1v) is 10.7. The van der Waals surface area contributed by atoms with Crippen molar-refractivity contribution in [3.63, 3.8) is 0 Å². The minimum Gasteiger partial charge on any atom is -0.347 e. The molecular weight excluding hydrogens is 398 g/mol. The summed E-state index contributed by atoms with van der Waals surface area (Å²) in [6.07, 6.45) is 3.34. The summed E-state index contributed by atoms with van der Waals surface area (Å²) in [5, 5.41) is 17.0. The average molecular weight is 418 g/mol. The summed E-state index contributed by atoms with van der Waals surface area (Å²) in [7, 11) is 0. The molecule has 2 atom stereocenters. The highest BCUT2D eigenvalue weighted by Gasteiger charge is 2.37. The van der Waals surface area contributed by atoms with Crippen molar-refractivity contribution in [1.82, 2.24) is 10.2 Å². The van der Waals surface area contributed by atoms with Gasteiger partial charge in [-0.25, -0.2) is 0 Å². The van der Waals surface area contributed by atoms with Crippen LogP contribution >= 0.6 is 23.1 Å². The highest BCUT2D eigenvalue weighted by Crippen LogP contribution is 2.30. The molecule has 1 aromatic carbocycles. The number of likely N-dealkylation sites (tertiary alicyclic amines) is 1. The number of carbonyl (C=O) groups excluding carboxylic acids is 2. The third kappa shape index (κ3) is 4.60. The number of thiophene rings is 1. The molecule has 1 N–H and O–H groups in total. The van der Waals surface area contributed by atoms with Crippen molar-refractivity contribution in [2.75, 3.05) is 19.3 Å². The summed E-state index contributed by atoms with van der Waals surface area (Å²) in [6.45, 7) is 0.782. The predicted octanol–water partition coefficient (Wildman–Crippen LogP) is 3.26. The van der Waals surface area contributed by atoms with Crippen molar-refractivity contribution in [2.24, 2.45) is 0 Å². The molecule has 1 fully saturated rings. The summed E-state index contributed by atoms with van der Waals surface area (Å²) in [6, 6.07) is 10.8. The first-order chi connectivity index (χ1) is 13.5. The van der Waals surface area contributed by atoms with E-state index in [1.165, 1.54) is 29.3 Å². The van der Waals surface area contributed by atoms with E-state index >= 15 is 0 Å². The van der Waals surface area contributed by atoms with E-state index in [4.69, 9.17) is 0 Å². The zero-order valence-electron chi connectivity index (χ0n) is 15.1. The molecule has 0 spiro atoms. The Balaban J connectivity index is 1.80. The Kier molecular flexibility index (Phi) is 6.48. The molecule has 9 heteroatoms.